The maximum Gasteiger partial charge on any atom is 0.0730 e. The van der Waals surface area contributed by atoms with Crippen LogP contribution in [0.2, 0.25) is 0 Å². The molecule has 0 amide bonds. The largest absolute Gasteiger partial charge is 0.399 e. The summed E-state index contributed by atoms with van der Waals surface area (Å²) < 4.78 is 0. The topological polar surface area (TPSA) is 52.0 Å². The van der Waals surface area contributed by atoms with E-state index in [4.69, 9.17) is 23.7 Å². The van der Waals surface area contributed by atoms with Crippen molar-refractivity contribution in [2.75, 3.05) is 5.73 Å². The molecular formula is C9H12N2S. The summed E-state index contributed by atoms with van der Waals surface area (Å²) in [4.78, 5) is 0.562. The first-order valence-electron chi connectivity index (χ1n) is 3.81. The predicted molar refractivity (Wildman–Crippen MR) is 56.0 cm³/mol. The van der Waals surface area contributed by atoms with Crippen molar-refractivity contribution in [1.82, 2.24) is 0 Å². The average Bonchev–Trinajstić information content (AvgIpc) is 2.03. The summed E-state index contributed by atoms with van der Waals surface area (Å²) in [7, 11) is 0. The monoisotopic (exact) mass is 180 g/mol. The van der Waals surface area contributed by atoms with Crippen LogP contribution in [0.4, 0.5) is 5.69 Å². The van der Waals surface area contributed by atoms with Gasteiger partial charge in [-0.3, -0.25) is 0 Å². The van der Waals surface area contributed by atoms with E-state index in [2.05, 4.69) is 0 Å². The Morgan fingerprint density at radius 2 is 1.83 bits per heavy atom. The third kappa shape index (κ3) is 2.88. The Balaban J connectivity index is 2.53. The van der Waals surface area contributed by atoms with Crippen molar-refractivity contribution in [2.45, 2.75) is 12.8 Å². The molecule has 0 saturated heterocycles. The number of anilines is 1. The van der Waals surface area contributed by atoms with E-state index < -0.39 is 0 Å². The molecule has 0 atom stereocenters. The highest BCUT2D eigenvalue weighted by Crippen LogP contribution is 2.07. The van der Waals surface area contributed by atoms with Crippen LogP contribution in [-0.4, -0.2) is 4.99 Å². The molecule has 0 heterocycles. The third-order valence-corrected chi connectivity index (χ3v) is 1.84. The van der Waals surface area contributed by atoms with Crippen LogP contribution in [-0.2, 0) is 6.42 Å². The number of hydrogen-bond acceptors (Lipinski definition) is 2. The molecule has 1 aromatic rings. The molecule has 0 radical (unpaired) electrons. The van der Waals surface area contributed by atoms with E-state index in [1.54, 1.807) is 0 Å². The first-order valence-corrected chi connectivity index (χ1v) is 4.22. The number of benzene rings is 1. The molecule has 0 aliphatic heterocycles. The van der Waals surface area contributed by atoms with Crippen LogP contribution in [0.15, 0.2) is 24.3 Å². The van der Waals surface area contributed by atoms with Gasteiger partial charge in [0.15, 0.2) is 0 Å². The van der Waals surface area contributed by atoms with Crippen molar-refractivity contribution >= 4 is 22.9 Å². The van der Waals surface area contributed by atoms with E-state index >= 15 is 0 Å². The number of thiocarbonyl (C=S) groups is 1. The van der Waals surface area contributed by atoms with Gasteiger partial charge in [0.25, 0.3) is 0 Å². The molecule has 1 rings (SSSR count). The van der Waals surface area contributed by atoms with Gasteiger partial charge >= 0.3 is 0 Å². The molecule has 0 spiro atoms. The second kappa shape index (κ2) is 4.07. The standard InChI is InChI=1S/C9H12N2S/c10-8-4-1-7(2-5-8)3-6-9(11)12/h1-2,4-5H,3,6,10H2,(H2,11,12). The fourth-order valence-corrected chi connectivity index (χ4v) is 1.05. The molecule has 0 aliphatic rings. The summed E-state index contributed by atoms with van der Waals surface area (Å²) in [5.74, 6) is 0. The first kappa shape index (κ1) is 9.00. The van der Waals surface area contributed by atoms with Gasteiger partial charge in [-0.2, -0.15) is 0 Å². The lowest BCUT2D eigenvalue weighted by molar-refractivity contribution is 1.04. The van der Waals surface area contributed by atoms with Crippen molar-refractivity contribution in [2.24, 2.45) is 5.73 Å². The van der Waals surface area contributed by atoms with Gasteiger partial charge in [-0.1, -0.05) is 24.4 Å². The molecule has 0 saturated carbocycles. The van der Waals surface area contributed by atoms with Gasteiger partial charge < -0.3 is 11.5 Å². The second-order valence-corrected chi connectivity index (χ2v) is 3.23. The summed E-state index contributed by atoms with van der Waals surface area (Å²) in [5, 5.41) is 0. The zero-order chi connectivity index (χ0) is 8.97. The van der Waals surface area contributed by atoms with E-state index in [9.17, 15) is 0 Å². The Hall–Kier alpha value is -1.09. The number of aryl methyl sites for hydroxylation is 1. The molecule has 0 unspecified atom stereocenters. The van der Waals surface area contributed by atoms with Crippen molar-refractivity contribution in [3.05, 3.63) is 29.8 Å². The van der Waals surface area contributed by atoms with Gasteiger partial charge in [-0.25, -0.2) is 0 Å². The molecule has 2 nitrogen and oxygen atoms in total. The van der Waals surface area contributed by atoms with Crippen molar-refractivity contribution in [1.29, 1.82) is 0 Å². The Labute approximate surface area is 77.6 Å². The third-order valence-electron chi connectivity index (χ3n) is 1.64. The summed E-state index contributed by atoms with van der Waals surface area (Å²) in [6.07, 6.45) is 1.66. The maximum atomic E-state index is 5.53. The number of rotatable bonds is 3. The fourth-order valence-electron chi connectivity index (χ4n) is 0.952. The maximum absolute atomic E-state index is 5.53. The lowest BCUT2D eigenvalue weighted by atomic mass is 10.1. The second-order valence-electron chi connectivity index (χ2n) is 2.71. The van der Waals surface area contributed by atoms with Crippen molar-refractivity contribution in [3.63, 3.8) is 0 Å². The van der Waals surface area contributed by atoms with Crippen LogP contribution in [0.25, 0.3) is 0 Å². The number of hydrogen-bond donors (Lipinski definition) is 2. The Morgan fingerprint density at radius 3 is 2.33 bits per heavy atom. The van der Waals surface area contributed by atoms with Crippen LogP contribution in [0.3, 0.4) is 0 Å². The zero-order valence-corrected chi connectivity index (χ0v) is 7.60. The number of nitrogen functional groups attached to an aromatic ring is 1. The Kier molecular flexibility index (Phi) is 3.05. The van der Waals surface area contributed by atoms with E-state index in [0.717, 1.165) is 18.5 Å². The molecule has 3 heteroatoms. The minimum absolute atomic E-state index is 0.562. The minimum Gasteiger partial charge on any atom is -0.399 e. The van der Waals surface area contributed by atoms with Crippen LogP contribution in [0, 0.1) is 0 Å². The molecule has 0 fully saturated rings. The van der Waals surface area contributed by atoms with Crippen LogP contribution in [0.1, 0.15) is 12.0 Å². The normalized spacial score (nSPS) is 9.67. The van der Waals surface area contributed by atoms with E-state index in [-0.39, 0.29) is 0 Å². The molecule has 64 valence electrons. The van der Waals surface area contributed by atoms with Crippen LogP contribution in [0.5, 0.6) is 0 Å². The fraction of sp³-hybridized carbons (Fsp3) is 0.222. The highest BCUT2D eigenvalue weighted by atomic mass is 32.1. The Morgan fingerprint density at radius 1 is 1.25 bits per heavy atom. The quantitative estimate of drug-likeness (QED) is 0.547. The minimum atomic E-state index is 0.562. The van der Waals surface area contributed by atoms with Gasteiger partial charge in [0.1, 0.15) is 0 Å². The lowest BCUT2D eigenvalue weighted by Gasteiger charge is -1.99. The van der Waals surface area contributed by atoms with Gasteiger partial charge in [-0.05, 0) is 24.1 Å². The van der Waals surface area contributed by atoms with Gasteiger partial charge in [0.05, 0.1) is 4.99 Å². The molecule has 0 aliphatic carbocycles. The molecule has 1 aromatic carbocycles. The zero-order valence-electron chi connectivity index (χ0n) is 6.79. The molecule has 0 aromatic heterocycles. The lowest BCUT2D eigenvalue weighted by Crippen LogP contribution is -2.08. The predicted octanol–water partition coefficient (Wildman–Crippen LogP) is 1.49. The van der Waals surface area contributed by atoms with Crippen LogP contribution < -0.4 is 11.5 Å². The van der Waals surface area contributed by atoms with Crippen molar-refractivity contribution in [3.8, 4) is 0 Å². The summed E-state index contributed by atoms with van der Waals surface area (Å²) in [6.45, 7) is 0. The highest BCUT2D eigenvalue weighted by Gasteiger charge is 1.93. The van der Waals surface area contributed by atoms with Gasteiger partial charge in [0, 0.05) is 12.1 Å². The average molecular weight is 180 g/mol. The summed E-state index contributed by atoms with van der Waals surface area (Å²) in [5.41, 5.74) is 12.9. The van der Waals surface area contributed by atoms with E-state index in [0.29, 0.717) is 4.99 Å². The van der Waals surface area contributed by atoms with E-state index in [1.807, 2.05) is 24.3 Å². The molecular weight excluding hydrogens is 168 g/mol. The first-order chi connectivity index (χ1) is 5.68. The molecule has 12 heavy (non-hydrogen) atoms. The smallest absolute Gasteiger partial charge is 0.0730 e. The van der Waals surface area contributed by atoms with Gasteiger partial charge in [0.2, 0.25) is 0 Å². The van der Waals surface area contributed by atoms with Crippen molar-refractivity contribution < 1.29 is 0 Å². The molecule has 0 bridgehead atoms. The molecule has 4 N–H and O–H groups in total. The Bertz CT molecular complexity index is 266. The summed E-state index contributed by atoms with van der Waals surface area (Å²) >= 11 is 4.77. The number of nitrogens with two attached hydrogens (primary N) is 2. The SMILES string of the molecule is NC(=S)CCc1ccc(N)cc1. The summed E-state index contributed by atoms with van der Waals surface area (Å²) in [6, 6.07) is 7.75. The van der Waals surface area contributed by atoms with Crippen LogP contribution >= 0.6 is 12.2 Å². The van der Waals surface area contributed by atoms with E-state index in [1.165, 1.54) is 5.56 Å². The highest BCUT2D eigenvalue weighted by molar-refractivity contribution is 7.80. The van der Waals surface area contributed by atoms with Gasteiger partial charge in [-0.15, -0.1) is 0 Å².